The number of hydrogen-bond donors (Lipinski definition) is 2. The van der Waals surface area contributed by atoms with Crippen molar-refractivity contribution in [2.24, 2.45) is 5.92 Å². The number of hydrogen-bond acceptors (Lipinski definition) is 5. The summed E-state index contributed by atoms with van der Waals surface area (Å²) in [4.78, 5) is 64.3. The maximum atomic E-state index is 13.2. The summed E-state index contributed by atoms with van der Waals surface area (Å²) in [6.45, 7) is 5.47. The molecule has 5 amide bonds. The maximum absolute atomic E-state index is 13.2. The van der Waals surface area contributed by atoms with Crippen LogP contribution in [0.25, 0.3) is 0 Å². The first-order valence-corrected chi connectivity index (χ1v) is 11.4. The molecule has 0 bridgehead atoms. The van der Waals surface area contributed by atoms with E-state index in [-0.39, 0.29) is 24.2 Å². The molecule has 4 rings (SSSR count). The number of piperidine rings is 1. The van der Waals surface area contributed by atoms with Gasteiger partial charge in [0.1, 0.15) is 6.04 Å². The van der Waals surface area contributed by atoms with Gasteiger partial charge < -0.3 is 5.32 Å². The van der Waals surface area contributed by atoms with E-state index in [0.717, 1.165) is 10.5 Å². The van der Waals surface area contributed by atoms with Crippen molar-refractivity contribution in [2.75, 3.05) is 5.32 Å². The lowest BCUT2D eigenvalue weighted by atomic mass is 9.72. The lowest BCUT2D eigenvalue weighted by Gasteiger charge is -2.35. The van der Waals surface area contributed by atoms with Gasteiger partial charge in [0.25, 0.3) is 11.8 Å². The molecule has 8 nitrogen and oxygen atoms in total. The number of carbonyl (C=O) groups is 5. The van der Waals surface area contributed by atoms with Gasteiger partial charge >= 0.3 is 0 Å². The summed E-state index contributed by atoms with van der Waals surface area (Å²) in [5.74, 6) is -2.32. The van der Waals surface area contributed by atoms with Crippen LogP contribution in [-0.2, 0) is 19.8 Å². The number of rotatable bonds is 6. The van der Waals surface area contributed by atoms with Gasteiger partial charge in [-0.2, -0.15) is 0 Å². The van der Waals surface area contributed by atoms with Gasteiger partial charge in [-0.15, -0.1) is 0 Å². The van der Waals surface area contributed by atoms with Gasteiger partial charge in [0.2, 0.25) is 17.7 Å². The molecular formula is C26H27N3O5. The third kappa shape index (κ3) is 3.79. The molecule has 1 saturated heterocycles. The number of nitrogens with one attached hydrogen (secondary N) is 2. The van der Waals surface area contributed by atoms with Crippen molar-refractivity contribution < 1.29 is 24.0 Å². The molecule has 34 heavy (non-hydrogen) atoms. The largest absolute Gasteiger partial charge is 0.324 e. The topological polar surface area (TPSA) is 113 Å². The fourth-order valence-corrected chi connectivity index (χ4v) is 4.83. The van der Waals surface area contributed by atoms with E-state index in [4.69, 9.17) is 0 Å². The third-order valence-electron chi connectivity index (χ3n) is 6.78. The molecule has 2 atom stereocenters. The van der Waals surface area contributed by atoms with Crippen LogP contribution in [0.2, 0.25) is 0 Å². The van der Waals surface area contributed by atoms with Gasteiger partial charge in [0, 0.05) is 12.1 Å². The molecule has 1 fully saturated rings. The summed E-state index contributed by atoms with van der Waals surface area (Å²) in [6.07, 6.45) is 1.23. The third-order valence-corrected chi connectivity index (χ3v) is 6.78. The summed E-state index contributed by atoms with van der Waals surface area (Å²) in [5.41, 5.74) is 1.04. The van der Waals surface area contributed by atoms with Gasteiger partial charge in [-0.05, 0) is 48.6 Å². The number of nitrogens with zero attached hydrogens (tertiary/aromatic N) is 1. The van der Waals surface area contributed by atoms with Crippen LogP contribution in [0.4, 0.5) is 5.69 Å². The zero-order valence-corrected chi connectivity index (χ0v) is 19.4. The number of amides is 5. The summed E-state index contributed by atoms with van der Waals surface area (Å²) in [7, 11) is 0. The first kappa shape index (κ1) is 23.4. The molecule has 2 aromatic rings. The molecule has 0 spiro atoms. The van der Waals surface area contributed by atoms with E-state index >= 15 is 0 Å². The Balaban J connectivity index is 1.55. The highest BCUT2D eigenvalue weighted by molar-refractivity contribution is 6.23. The highest BCUT2D eigenvalue weighted by atomic mass is 16.2. The first-order chi connectivity index (χ1) is 16.2. The predicted octanol–water partition coefficient (Wildman–Crippen LogP) is 3.03. The zero-order chi connectivity index (χ0) is 24.6. The number of fused-ring (bicyclic) bond motifs is 1. The average molecular weight is 462 g/mol. The van der Waals surface area contributed by atoms with Crippen LogP contribution in [0.3, 0.4) is 0 Å². The van der Waals surface area contributed by atoms with Crippen molar-refractivity contribution in [3.63, 3.8) is 0 Å². The standard InChI is InChI=1S/C26H27N3O5/c1-4-26(14-13-20(30)28-25(26)34)16-9-11-17(12-10-16)27-22(31)21(15(2)3)29-23(32)18-7-5-6-8-19(18)24(29)33/h5-12,15,21H,4,13-14H2,1-3H3,(H,27,31)(H,28,30,34). The van der Waals surface area contributed by atoms with Gasteiger partial charge in [0.05, 0.1) is 16.5 Å². The summed E-state index contributed by atoms with van der Waals surface area (Å²) in [6, 6.07) is 12.5. The molecule has 2 aliphatic heterocycles. The van der Waals surface area contributed by atoms with E-state index < -0.39 is 29.2 Å². The molecule has 2 aromatic carbocycles. The van der Waals surface area contributed by atoms with E-state index in [1.54, 1.807) is 62.4 Å². The fourth-order valence-electron chi connectivity index (χ4n) is 4.83. The van der Waals surface area contributed by atoms with Crippen molar-refractivity contribution in [1.82, 2.24) is 10.2 Å². The highest BCUT2D eigenvalue weighted by Gasteiger charge is 2.44. The summed E-state index contributed by atoms with van der Waals surface area (Å²) in [5, 5.41) is 5.23. The van der Waals surface area contributed by atoms with Crippen LogP contribution in [0.5, 0.6) is 0 Å². The van der Waals surface area contributed by atoms with Crippen molar-refractivity contribution >= 4 is 35.2 Å². The molecule has 2 aliphatic rings. The molecule has 2 unspecified atom stereocenters. The molecule has 0 saturated carbocycles. The van der Waals surface area contributed by atoms with E-state index in [1.165, 1.54) is 0 Å². The number of imide groups is 2. The summed E-state index contributed by atoms with van der Waals surface area (Å²) < 4.78 is 0. The molecule has 2 N–H and O–H groups in total. The molecule has 0 radical (unpaired) electrons. The minimum absolute atomic E-state index is 0.272. The van der Waals surface area contributed by atoms with E-state index in [9.17, 15) is 24.0 Å². The molecule has 176 valence electrons. The Hall–Kier alpha value is -3.81. The molecule has 0 aliphatic carbocycles. The maximum Gasteiger partial charge on any atom is 0.262 e. The molecule has 0 aromatic heterocycles. The Morgan fingerprint density at radius 2 is 1.59 bits per heavy atom. The zero-order valence-electron chi connectivity index (χ0n) is 19.4. The Kier molecular flexibility index (Phi) is 6.08. The minimum Gasteiger partial charge on any atom is -0.324 e. The molecule has 2 heterocycles. The number of anilines is 1. The van der Waals surface area contributed by atoms with Crippen LogP contribution in [0.15, 0.2) is 48.5 Å². The van der Waals surface area contributed by atoms with Crippen LogP contribution in [0.1, 0.15) is 66.3 Å². The summed E-state index contributed by atoms with van der Waals surface area (Å²) >= 11 is 0. The second kappa shape index (κ2) is 8.85. The fraction of sp³-hybridized carbons (Fsp3) is 0.346. The Bertz CT molecular complexity index is 1150. The number of carbonyl (C=O) groups excluding carboxylic acids is 5. The lowest BCUT2D eigenvalue weighted by molar-refractivity contribution is -0.138. The Morgan fingerprint density at radius 3 is 2.09 bits per heavy atom. The van der Waals surface area contributed by atoms with Gasteiger partial charge in [-0.1, -0.05) is 45.0 Å². The van der Waals surface area contributed by atoms with Gasteiger partial charge in [-0.25, -0.2) is 0 Å². The van der Waals surface area contributed by atoms with Gasteiger partial charge in [-0.3, -0.25) is 34.2 Å². The normalized spacial score (nSPS) is 20.9. The average Bonchev–Trinajstić information content (AvgIpc) is 3.06. The first-order valence-electron chi connectivity index (χ1n) is 11.4. The van der Waals surface area contributed by atoms with E-state index in [1.807, 2.05) is 6.92 Å². The van der Waals surface area contributed by atoms with E-state index in [0.29, 0.717) is 29.7 Å². The highest BCUT2D eigenvalue weighted by Crippen LogP contribution is 2.36. The van der Waals surface area contributed by atoms with Crippen molar-refractivity contribution in [1.29, 1.82) is 0 Å². The monoisotopic (exact) mass is 461 g/mol. The number of benzene rings is 2. The van der Waals surface area contributed by atoms with Crippen molar-refractivity contribution in [3.05, 3.63) is 65.2 Å². The van der Waals surface area contributed by atoms with E-state index in [2.05, 4.69) is 10.6 Å². The predicted molar refractivity (Wildman–Crippen MR) is 125 cm³/mol. The molecular weight excluding hydrogens is 434 g/mol. The van der Waals surface area contributed by atoms with Crippen molar-refractivity contribution in [2.45, 2.75) is 51.5 Å². The SMILES string of the molecule is CCC1(c2ccc(NC(=O)C(C(C)C)N3C(=O)c4ccccc4C3=O)cc2)CCC(=O)NC1=O. The van der Waals surface area contributed by atoms with Crippen molar-refractivity contribution in [3.8, 4) is 0 Å². The van der Waals surface area contributed by atoms with Gasteiger partial charge in [0.15, 0.2) is 0 Å². The lowest BCUT2D eigenvalue weighted by Crippen LogP contribution is -2.51. The van der Waals surface area contributed by atoms with Crippen LogP contribution >= 0.6 is 0 Å². The second-order valence-corrected chi connectivity index (χ2v) is 9.09. The van der Waals surface area contributed by atoms with Crippen LogP contribution in [-0.4, -0.2) is 40.5 Å². The quantitative estimate of drug-likeness (QED) is 0.642. The van der Waals surface area contributed by atoms with Crippen LogP contribution in [0, 0.1) is 5.92 Å². The minimum atomic E-state index is -0.982. The smallest absolute Gasteiger partial charge is 0.262 e. The Labute approximate surface area is 197 Å². The van der Waals surface area contributed by atoms with Crippen LogP contribution < -0.4 is 10.6 Å². The second-order valence-electron chi connectivity index (χ2n) is 9.09. The Morgan fingerprint density at radius 1 is 1.00 bits per heavy atom. The molecule has 8 heteroatoms.